The van der Waals surface area contributed by atoms with Crippen molar-refractivity contribution < 1.29 is 9.84 Å². The summed E-state index contributed by atoms with van der Waals surface area (Å²) in [5.74, 6) is 0.562. The third-order valence-corrected chi connectivity index (χ3v) is 3.22. The molecule has 2 rings (SSSR count). The Hall–Kier alpha value is -2.29. The largest absolute Gasteiger partial charge is 0.504 e. The zero-order chi connectivity index (χ0) is 14.7. The second-order valence-corrected chi connectivity index (χ2v) is 4.90. The van der Waals surface area contributed by atoms with Crippen LogP contribution in [0.1, 0.15) is 22.3 Å². The van der Waals surface area contributed by atoms with E-state index in [1.54, 1.807) is 18.3 Å². The van der Waals surface area contributed by atoms with Gasteiger partial charge in [-0.3, -0.25) is 4.99 Å². The van der Waals surface area contributed by atoms with Gasteiger partial charge in [-0.05, 0) is 44.0 Å². The lowest BCUT2D eigenvalue weighted by Crippen LogP contribution is -1.89. The predicted octanol–water partition coefficient (Wildman–Crippen LogP) is 4.08. The van der Waals surface area contributed by atoms with Gasteiger partial charge in [0.1, 0.15) is 0 Å². The molecule has 0 saturated heterocycles. The highest BCUT2D eigenvalue weighted by molar-refractivity contribution is 5.87. The quantitative estimate of drug-likeness (QED) is 0.853. The molecule has 0 aromatic heterocycles. The molecule has 0 fully saturated rings. The van der Waals surface area contributed by atoms with E-state index in [1.165, 1.54) is 12.7 Å². The Kier molecular flexibility index (Phi) is 4.08. The molecule has 0 aliphatic rings. The van der Waals surface area contributed by atoms with Gasteiger partial charge in [-0.15, -0.1) is 0 Å². The molecule has 0 heterocycles. The van der Waals surface area contributed by atoms with Crippen LogP contribution in [0.15, 0.2) is 35.3 Å². The molecule has 2 aromatic rings. The first-order valence-electron chi connectivity index (χ1n) is 6.51. The SMILES string of the molecule is COc1cccc(C=Nc2c(C)cc(C)cc2C)c1O. The molecule has 0 unspecified atom stereocenters. The summed E-state index contributed by atoms with van der Waals surface area (Å²) in [6, 6.07) is 9.56. The molecule has 1 N–H and O–H groups in total. The Balaban J connectivity index is 2.40. The monoisotopic (exact) mass is 269 g/mol. The van der Waals surface area contributed by atoms with Crippen molar-refractivity contribution in [2.45, 2.75) is 20.8 Å². The predicted molar refractivity (Wildman–Crippen MR) is 82.6 cm³/mol. The topological polar surface area (TPSA) is 41.8 Å². The van der Waals surface area contributed by atoms with Crippen molar-refractivity contribution in [3.63, 3.8) is 0 Å². The van der Waals surface area contributed by atoms with Crippen molar-refractivity contribution in [1.29, 1.82) is 0 Å². The van der Waals surface area contributed by atoms with Crippen molar-refractivity contribution >= 4 is 11.9 Å². The molecule has 0 aliphatic heterocycles. The van der Waals surface area contributed by atoms with Crippen LogP contribution in [-0.2, 0) is 0 Å². The zero-order valence-electron chi connectivity index (χ0n) is 12.3. The van der Waals surface area contributed by atoms with Crippen LogP contribution in [0.5, 0.6) is 11.5 Å². The Morgan fingerprint density at radius 3 is 2.35 bits per heavy atom. The van der Waals surface area contributed by atoms with E-state index in [9.17, 15) is 5.11 Å². The summed E-state index contributed by atoms with van der Waals surface area (Å²) in [5, 5.41) is 10.0. The first-order valence-corrected chi connectivity index (χ1v) is 6.51. The number of aryl methyl sites for hydroxylation is 3. The maximum atomic E-state index is 10.0. The zero-order valence-corrected chi connectivity index (χ0v) is 12.3. The lowest BCUT2D eigenvalue weighted by Gasteiger charge is -2.07. The van der Waals surface area contributed by atoms with E-state index in [-0.39, 0.29) is 5.75 Å². The van der Waals surface area contributed by atoms with Crippen molar-refractivity contribution in [2.24, 2.45) is 4.99 Å². The summed E-state index contributed by atoms with van der Waals surface area (Å²) in [5.41, 5.74) is 5.06. The second-order valence-electron chi connectivity index (χ2n) is 4.90. The highest BCUT2D eigenvalue weighted by atomic mass is 16.5. The number of rotatable bonds is 3. The van der Waals surface area contributed by atoms with E-state index in [0.29, 0.717) is 11.3 Å². The van der Waals surface area contributed by atoms with Crippen LogP contribution in [0.4, 0.5) is 5.69 Å². The van der Waals surface area contributed by atoms with Gasteiger partial charge in [0.15, 0.2) is 11.5 Å². The van der Waals surface area contributed by atoms with Crippen LogP contribution in [0.3, 0.4) is 0 Å². The van der Waals surface area contributed by atoms with Crippen LogP contribution in [0, 0.1) is 20.8 Å². The molecule has 104 valence electrons. The summed E-state index contributed by atoms with van der Waals surface area (Å²) in [7, 11) is 1.53. The minimum absolute atomic E-state index is 0.112. The van der Waals surface area contributed by atoms with Crippen LogP contribution in [0.2, 0.25) is 0 Å². The smallest absolute Gasteiger partial charge is 0.166 e. The molecular weight excluding hydrogens is 250 g/mol. The van der Waals surface area contributed by atoms with E-state index >= 15 is 0 Å². The Morgan fingerprint density at radius 2 is 1.75 bits per heavy atom. The van der Waals surface area contributed by atoms with Crippen molar-refractivity contribution in [2.75, 3.05) is 7.11 Å². The highest BCUT2D eigenvalue weighted by Crippen LogP contribution is 2.30. The van der Waals surface area contributed by atoms with E-state index < -0.39 is 0 Å². The molecule has 3 nitrogen and oxygen atoms in total. The fourth-order valence-electron chi connectivity index (χ4n) is 2.32. The Morgan fingerprint density at radius 1 is 1.10 bits per heavy atom. The first-order chi connectivity index (χ1) is 9.52. The van der Waals surface area contributed by atoms with Crippen molar-refractivity contribution in [3.8, 4) is 11.5 Å². The summed E-state index contributed by atoms with van der Waals surface area (Å²) in [4.78, 5) is 4.51. The molecule has 2 aromatic carbocycles. The molecule has 3 heteroatoms. The van der Waals surface area contributed by atoms with Gasteiger partial charge in [0.25, 0.3) is 0 Å². The number of nitrogens with zero attached hydrogens (tertiary/aromatic N) is 1. The minimum atomic E-state index is 0.112. The molecule has 20 heavy (non-hydrogen) atoms. The third kappa shape index (κ3) is 2.82. The summed E-state index contributed by atoms with van der Waals surface area (Å²) < 4.78 is 5.09. The van der Waals surface area contributed by atoms with Crippen LogP contribution in [0.25, 0.3) is 0 Å². The maximum absolute atomic E-state index is 10.0. The highest BCUT2D eigenvalue weighted by Gasteiger charge is 2.06. The summed E-state index contributed by atoms with van der Waals surface area (Å²) >= 11 is 0. The van der Waals surface area contributed by atoms with Crippen molar-refractivity contribution in [1.82, 2.24) is 0 Å². The van der Waals surface area contributed by atoms with Gasteiger partial charge in [-0.1, -0.05) is 23.8 Å². The number of aliphatic imine (C=N–C) groups is 1. The molecule has 0 bridgehead atoms. The Labute approximate surface area is 119 Å². The normalized spacial score (nSPS) is 11.0. The fourth-order valence-corrected chi connectivity index (χ4v) is 2.32. The van der Waals surface area contributed by atoms with Gasteiger partial charge < -0.3 is 9.84 Å². The van der Waals surface area contributed by atoms with Gasteiger partial charge in [-0.25, -0.2) is 0 Å². The average molecular weight is 269 g/mol. The molecule has 0 saturated carbocycles. The molecule has 0 radical (unpaired) electrons. The van der Waals surface area contributed by atoms with Gasteiger partial charge in [0, 0.05) is 11.8 Å². The van der Waals surface area contributed by atoms with Gasteiger partial charge in [0.05, 0.1) is 12.8 Å². The second kappa shape index (κ2) is 5.78. The number of ether oxygens (including phenoxy) is 1. The average Bonchev–Trinajstić information content (AvgIpc) is 2.39. The number of phenolic OH excluding ortho intramolecular Hbond substituents is 1. The number of methoxy groups -OCH3 is 1. The number of aromatic hydroxyl groups is 1. The lowest BCUT2D eigenvalue weighted by atomic mass is 10.1. The molecule has 0 aliphatic carbocycles. The van der Waals surface area contributed by atoms with E-state index in [1.807, 2.05) is 19.9 Å². The number of hydrogen-bond donors (Lipinski definition) is 1. The molecule has 0 amide bonds. The number of phenols is 1. The fraction of sp³-hybridized carbons (Fsp3) is 0.235. The van der Waals surface area contributed by atoms with E-state index in [0.717, 1.165) is 16.8 Å². The van der Waals surface area contributed by atoms with Gasteiger partial charge in [-0.2, -0.15) is 0 Å². The maximum Gasteiger partial charge on any atom is 0.166 e. The third-order valence-electron chi connectivity index (χ3n) is 3.22. The van der Waals surface area contributed by atoms with Crippen LogP contribution < -0.4 is 4.74 Å². The number of benzene rings is 2. The Bertz CT molecular complexity index is 637. The molecule has 0 spiro atoms. The minimum Gasteiger partial charge on any atom is -0.504 e. The molecule has 0 atom stereocenters. The summed E-state index contributed by atoms with van der Waals surface area (Å²) in [6.07, 6.45) is 1.67. The van der Waals surface area contributed by atoms with Crippen LogP contribution in [-0.4, -0.2) is 18.4 Å². The van der Waals surface area contributed by atoms with Gasteiger partial charge >= 0.3 is 0 Å². The molecular formula is C17H19NO2. The summed E-state index contributed by atoms with van der Waals surface area (Å²) in [6.45, 7) is 6.15. The first kappa shape index (κ1) is 14.1. The van der Waals surface area contributed by atoms with E-state index in [4.69, 9.17) is 4.74 Å². The lowest BCUT2D eigenvalue weighted by molar-refractivity contribution is 0.373. The standard InChI is InChI=1S/C17H19NO2/c1-11-8-12(2)16(13(3)9-11)18-10-14-6-5-7-15(20-4)17(14)19/h5-10,19H,1-4H3. The number of para-hydroxylation sites is 1. The van der Waals surface area contributed by atoms with Crippen molar-refractivity contribution in [3.05, 3.63) is 52.6 Å². The van der Waals surface area contributed by atoms with Gasteiger partial charge in [0.2, 0.25) is 0 Å². The van der Waals surface area contributed by atoms with E-state index in [2.05, 4.69) is 24.0 Å². The number of hydrogen-bond acceptors (Lipinski definition) is 3. The van der Waals surface area contributed by atoms with Crippen LogP contribution >= 0.6 is 0 Å².